The fraction of sp³-hybridized carbons (Fsp3) is 0.407. The lowest BCUT2D eigenvalue weighted by atomic mass is 10.1. The van der Waals surface area contributed by atoms with Crippen LogP contribution >= 0.6 is 0 Å². The third-order valence-corrected chi connectivity index (χ3v) is 6.31. The van der Waals surface area contributed by atoms with E-state index < -0.39 is 0 Å². The fourth-order valence-electron chi connectivity index (χ4n) is 4.36. The summed E-state index contributed by atoms with van der Waals surface area (Å²) in [6.45, 7) is 7.05. The molecule has 0 N–H and O–H groups in total. The number of benzene rings is 2. The highest BCUT2D eigenvalue weighted by atomic mass is 16.5. The largest absolute Gasteiger partial charge is 0.494 e. The number of ether oxygens (including phenoxy) is 1. The first-order chi connectivity index (χ1) is 16.2. The standard InChI is InChI=1S/C27H33N3O3/c1-2-3-20-33-24-13-11-23(12-14-24)30-26(31)21-25(27(30)32)29-18-16-28(17-19-29)15-7-10-22-8-5-4-6-9-22/h4-14,25H,2-3,15-21H2,1H3/b10-7+. The first-order valence-corrected chi connectivity index (χ1v) is 11.9. The van der Waals surface area contributed by atoms with Crippen LogP contribution in [0.5, 0.6) is 5.75 Å². The second-order valence-corrected chi connectivity index (χ2v) is 8.63. The van der Waals surface area contributed by atoms with Crippen LogP contribution in [0.4, 0.5) is 5.69 Å². The zero-order valence-electron chi connectivity index (χ0n) is 19.4. The molecule has 0 bridgehead atoms. The van der Waals surface area contributed by atoms with Crippen molar-refractivity contribution in [1.82, 2.24) is 9.80 Å². The van der Waals surface area contributed by atoms with Crippen LogP contribution < -0.4 is 9.64 Å². The maximum absolute atomic E-state index is 13.1. The van der Waals surface area contributed by atoms with Gasteiger partial charge >= 0.3 is 0 Å². The Bertz CT molecular complexity index is 950. The Morgan fingerprint density at radius 3 is 2.39 bits per heavy atom. The quantitative estimate of drug-likeness (QED) is 0.432. The van der Waals surface area contributed by atoms with Gasteiger partial charge in [-0.25, -0.2) is 4.90 Å². The number of anilines is 1. The fourth-order valence-corrected chi connectivity index (χ4v) is 4.36. The second-order valence-electron chi connectivity index (χ2n) is 8.63. The van der Waals surface area contributed by atoms with Crippen molar-refractivity contribution < 1.29 is 14.3 Å². The van der Waals surface area contributed by atoms with Gasteiger partial charge in [-0.05, 0) is 36.2 Å². The van der Waals surface area contributed by atoms with E-state index in [9.17, 15) is 9.59 Å². The van der Waals surface area contributed by atoms with Crippen molar-refractivity contribution in [2.75, 3.05) is 44.2 Å². The van der Waals surface area contributed by atoms with Crippen LogP contribution in [0.15, 0.2) is 60.7 Å². The van der Waals surface area contributed by atoms with Gasteiger partial charge in [-0.3, -0.25) is 19.4 Å². The van der Waals surface area contributed by atoms with E-state index in [4.69, 9.17) is 4.74 Å². The molecule has 2 aliphatic rings. The Labute approximate surface area is 196 Å². The number of imide groups is 1. The van der Waals surface area contributed by atoms with Crippen molar-refractivity contribution in [3.8, 4) is 5.75 Å². The molecule has 0 aliphatic carbocycles. The van der Waals surface area contributed by atoms with Gasteiger partial charge in [-0.15, -0.1) is 0 Å². The summed E-state index contributed by atoms with van der Waals surface area (Å²) in [7, 11) is 0. The van der Waals surface area contributed by atoms with Gasteiger partial charge in [-0.1, -0.05) is 55.8 Å². The second kappa shape index (κ2) is 11.3. The normalized spacial score (nSPS) is 20.2. The molecule has 2 amide bonds. The molecule has 1 unspecified atom stereocenters. The number of hydrogen-bond donors (Lipinski definition) is 0. The molecule has 0 saturated carbocycles. The van der Waals surface area contributed by atoms with E-state index in [0.717, 1.165) is 51.3 Å². The molecule has 6 heteroatoms. The first kappa shape index (κ1) is 23.2. The predicted octanol–water partition coefficient (Wildman–Crippen LogP) is 3.83. The van der Waals surface area contributed by atoms with Crippen LogP contribution in [0.2, 0.25) is 0 Å². The summed E-state index contributed by atoms with van der Waals surface area (Å²) >= 11 is 0. The zero-order chi connectivity index (χ0) is 23.0. The molecule has 174 valence electrons. The summed E-state index contributed by atoms with van der Waals surface area (Å²) in [6.07, 6.45) is 6.66. The van der Waals surface area contributed by atoms with Crippen molar-refractivity contribution in [3.63, 3.8) is 0 Å². The van der Waals surface area contributed by atoms with Crippen molar-refractivity contribution in [1.29, 1.82) is 0 Å². The predicted molar refractivity (Wildman–Crippen MR) is 131 cm³/mol. The minimum atomic E-state index is -0.361. The molecule has 6 nitrogen and oxygen atoms in total. The number of amides is 2. The SMILES string of the molecule is CCCCOc1ccc(N2C(=O)CC(N3CCN(C/C=C/c4ccccc4)CC3)C2=O)cc1. The van der Waals surface area contributed by atoms with E-state index >= 15 is 0 Å². The molecular weight excluding hydrogens is 414 g/mol. The highest BCUT2D eigenvalue weighted by molar-refractivity contribution is 6.22. The number of nitrogens with zero attached hydrogens (tertiary/aromatic N) is 3. The van der Waals surface area contributed by atoms with Crippen molar-refractivity contribution in [3.05, 3.63) is 66.2 Å². The minimum absolute atomic E-state index is 0.114. The molecule has 33 heavy (non-hydrogen) atoms. The topological polar surface area (TPSA) is 53.1 Å². The van der Waals surface area contributed by atoms with E-state index in [2.05, 4.69) is 41.0 Å². The van der Waals surface area contributed by atoms with Crippen LogP contribution in [0, 0.1) is 0 Å². The number of hydrogen-bond acceptors (Lipinski definition) is 5. The van der Waals surface area contributed by atoms with Gasteiger partial charge in [-0.2, -0.15) is 0 Å². The third kappa shape index (κ3) is 5.89. The van der Waals surface area contributed by atoms with Crippen LogP contribution in [0.3, 0.4) is 0 Å². The lowest BCUT2D eigenvalue weighted by Gasteiger charge is -2.36. The summed E-state index contributed by atoms with van der Waals surface area (Å²) in [5.41, 5.74) is 1.83. The molecule has 2 heterocycles. The molecule has 0 spiro atoms. The Hall–Kier alpha value is -2.96. The van der Waals surface area contributed by atoms with Gasteiger partial charge in [0.05, 0.1) is 24.8 Å². The smallest absolute Gasteiger partial charge is 0.251 e. The van der Waals surface area contributed by atoms with Crippen LogP contribution in [0.1, 0.15) is 31.7 Å². The van der Waals surface area contributed by atoms with Crippen LogP contribution in [0.25, 0.3) is 6.08 Å². The minimum Gasteiger partial charge on any atom is -0.494 e. The zero-order valence-corrected chi connectivity index (χ0v) is 19.4. The molecule has 0 radical (unpaired) electrons. The number of rotatable bonds is 9. The monoisotopic (exact) mass is 447 g/mol. The highest BCUT2D eigenvalue weighted by Crippen LogP contribution is 2.28. The Balaban J connectivity index is 1.29. The summed E-state index contributed by atoms with van der Waals surface area (Å²) in [6, 6.07) is 17.2. The molecule has 2 fully saturated rings. The van der Waals surface area contributed by atoms with Gasteiger partial charge in [0.1, 0.15) is 5.75 Å². The van der Waals surface area contributed by atoms with E-state index in [1.165, 1.54) is 10.5 Å². The number of carbonyl (C=O) groups excluding carboxylic acids is 2. The van der Waals surface area contributed by atoms with Gasteiger partial charge in [0, 0.05) is 32.7 Å². The third-order valence-electron chi connectivity index (χ3n) is 6.31. The average Bonchev–Trinajstić information content (AvgIpc) is 3.14. The Morgan fingerprint density at radius 1 is 0.970 bits per heavy atom. The average molecular weight is 448 g/mol. The van der Waals surface area contributed by atoms with E-state index in [-0.39, 0.29) is 24.3 Å². The van der Waals surface area contributed by atoms with Gasteiger partial charge in [0.2, 0.25) is 5.91 Å². The van der Waals surface area contributed by atoms with Gasteiger partial charge in [0.15, 0.2) is 0 Å². The molecule has 4 rings (SSSR count). The van der Waals surface area contributed by atoms with Gasteiger partial charge in [0.25, 0.3) is 5.91 Å². The summed E-state index contributed by atoms with van der Waals surface area (Å²) in [5.74, 6) is 0.523. The Kier molecular flexibility index (Phi) is 7.92. The maximum atomic E-state index is 13.1. The van der Waals surface area contributed by atoms with Crippen molar-refractivity contribution in [2.45, 2.75) is 32.2 Å². The lowest BCUT2D eigenvalue weighted by Crippen LogP contribution is -2.52. The Morgan fingerprint density at radius 2 is 1.70 bits per heavy atom. The molecule has 1 atom stereocenters. The molecule has 0 aromatic heterocycles. The number of carbonyl (C=O) groups is 2. The van der Waals surface area contributed by atoms with Crippen LogP contribution in [-0.4, -0.2) is 67.0 Å². The lowest BCUT2D eigenvalue weighted by molar-refractivity contribution is -0.123. The van der Waals surface area contributed by atoms with Crippen LogP contribution in [-0.2, 0) is 9.59 Å². The molecule has 2 saturated heterocycles. The number of unbranched alkanes of at least 4 members (excludes halogenated alkanes) is 1. The maximum Gasteiger partial charge on any atom is 0.251 e. The van der Waals surface area contributed by atoms with Crippen molar-refractivity contribution >= 4 is 23.6 Å². The van der Waals surface area contributed by atoms with Crippen molar-refractivity contribution in [2.24, 2.45) is 0 Å². The first-order valence-electron chi connectivity index (χ1n) is 11.9. The highest BCUT2D eigenvalue weighted by Gasteiger charge is 2.43. The molecule has 2 aromatic carbocycles. The van der Waals surface area contributed by atoms with E-state index in [1.807, 2.05) is 30.3 Å². The van der Waals surface area contributed by atoms with Gasteiger partial charge < -0.3 is 4.74 Å². The summed E-state index contributed by atoms with van der Waals surface area (Å²) in [5, 5.41) is 0. The van der Waals surface area contributed by atoms with E-state index in [1.54, 1.807) is 12.1 Å². The molecular formula is C27H33N3O3. The molecule has 2 aromatic rings. The summed E-state index contributed by atoms with van der Waals surface area (Å²) < 4.78 is 5.69. The summed E-state index contributed by atoms with van der Waals surface area (Å²) in [4.78, 5) is 31.7. The molecule has 2 aliphatic heterocycles. The number of piperazine rings is 1. The van der Waals surface area contributed by atoms with E-state index in [0.29, 0.717) is 12.3 Å².